The molecule has 0 spiro atoms. The maximum atomic E-state index is 13.5. The van der Waals surface area contributed by atoms with Gasteiger partial charge in [0.1, 0.15) is 11.6 Å². The van der Waals surface area contributed by atoms with Gasteiger partial charge in [-0.15, -0.1) is 0 Å². The number of nitrogens with zero attached hydrogens (tertiary/aromatic N) is 3. The molecule has 0 unspecified atom stereocenters. The number of nitrogens with one attached hydrogen (secondary N) is 1. The normalized spacial score (nSPS) is 11.0. The van der Waals surface area contributed by atoms with Gasteiger partial charge in [-0.3, -0.25) is 4.79 Å². The molecule has 1 amide bonds. The quantitative estimate of drug-likeness (QED) is 0.391. The summed E-state index contributed by atoms with van der Waals surface area (Å²) in [5.74, 6) is -0.0473. The van der Waals surface area contributed by atoms with Crippen LogP contribution in [0.4, 0.5) is 10.2 Å². The van der Waals surface area contributed by atoms with Gasteiger partial charge in [0.25, 0.3) is 5.91 Å². The zero-order chi connectivity index (χ0) is 21.4. The molecule has 0 saturated carbocycles. The summed E-state index contributed by atoms with van der Waals surface area (Å²) in [7, 11) is 0. The number of hydrogen-bond donors (Lipinski definition) is 1. The summed E-state index contributed by atoms with van der Waals surface area (Å²) in [4.78, 5) is 17.4. The molecule has 0 aliphatic carbocycles. The molecule has 5 nitrogen and oxygen atoms in total. The Labute approximate surface area is 181 Å². The minimum absolute atomic E-state index is 0.243. The zero-order valence-corrected chi connectivity index (χ0v) is 17.4. The molecule has 0 bridgehead atoms. The predicted molar refractivity (Wildman–Crippen MR) is 121 cm³/mol. The van der Waals surface area contributed by atoms with E-state index in [0.29, 0.717) is 22.0 Å². The first-order valence-electron chi connectivity index (χ1n) is 9.67. The van der Waals surface area contributed by atoms with Crippen LogP contribution in [0.1, 0.15) is 16.1 Å². The first-order valence-corrected chi connectivity index (χ1v) is 10.5. The van der Waals surface area contributed by atoms with Gasteiger partial charge in [-0.2, -0.15) is 9.78 Å². The molecule has 3 aromatic carbocycles. The maximum absolute atomic E-state index is 13.5. The van der Waals surface area contributed by atoms with Crippen LogP contribution in [-0.2, 0) is 0 Å². The van der Waals surface area contributed by atoms with Crippen LogP contribution in [0, 0.1) is 12.7 Å². The fourth-order valence-electron chi connectivity index (χ4n) is 3.34. The molecule has 2 heterocycles. The fourth-order valence-corrected chi connectivity index (χ4v) is 4.30. The molecule has 0 aliphatic rings. The topological polar surface area (TPSA) is 59.8 Å². The number of carbonyl (C=O) groups excluding carboxylic acids is 1. The van der Waals surface area contributed by atoms with E-state index in [1.807, 2.05) is 49.4 Å². The minimum atomic E-state index is -0.313. The molecular weight excluding hydrogens is 411 g/mol. The van der Waals surface area contributed by atoms with Crippen molar-refractivity contribution in [3.05, 3.63) is 95.9 Å². The van der Waals surface area contributed by atoms with Gasteiger partial charge in [0, 0.05) is 11.6 Å². The molecule has 2 aromatic heterocycles. The van der Waals surface area contributed by atoms with Crippen LogP contribution >= 0.6 is 11.3 Å². The summed E-state index contributed by atoms with van der Waals surface area (Å²) in [5, 5.41) is 7.93. The van der Waals surface area contributed by atoms with E-state index in [-0.39, 0.29) is 11.7 Å². The van der Waals surface area contributed by atoms with Crippen LogP contribution in [0.5, 0.6) is 0 Å². The van der Waals surface area contributed by atoms with E-state index < -0.39 is 0 Å². The van der Waals surface area contributed by atoms with Crippen molar-refractivity contribution in [2.75, 3.05) is 5.32 Å². The first kappa shape index (κ1) is 19.1. The van der Waals surface area contributed by atoms with Crippen molar-refractivity contribution in [1.82, 2.24) is 14.8 Å². The van der Waals surface area contributed by atoms with Gasteiger partial charge >= 0.3 is 0 Å². The first-order chi connectivity index (χ1) is 15.1. The lowest BCUT2D eigenvalue weighted by molar-refractivity contribution is 0.102. The molecule has 7 heteroatoms. The summed E-state index contributed by atoms with van der Waals surface area (Å²) in [6.07, 6.45) is 0. The van der Waals surface area contributed by atoms with Crippen molar-refractivity contribution in [2.24, 2.45) is 0 Å². The van der Waals surface area contributed by atoms with Crippen LogP contribution in [0.25, 0.3) is 26.5 Å². The molecule has 0 fully saturated rings. The van der Waals surface area contributed by atoms with E-state index in [9.17, 15) is 9.18 Å². The Morgan fingerprint density at radius 3 is 2.48 bits per heavy atom. The SMILES string of the molecule is Cc1cc(NC(=O)c2ccc(-c3ccccc3)cc2)n(-c2nc3ccc(F)cc3s2)n1. The average Bonchev–Trinajstić information content (AvgIpc) is 3.36. The van der Waals surface area contributed by atoms with E-state index in [1.165, 1.54) is 23.5 Å². The molecule has 31 heavy (non-hydrogen) atoms. The van der Waals surface area contributed by atoms with Gasteiger partial charge in [-0.25, -0.2) is 9.37 Å². The van der Waals surface area contributed by atoms with Crippen molar-refractivity contribution < 1.29 is 9.18 Å². The second-order valence-electron chi connectivity index (χ2n) is 7.09. The predicted octanol–water partition coefficient (Wildman–Crippen LogP) is 5.85. The lowest BCUT2D eigenvalue weighted by Gasteiger charge is -2.07. The van der Waals surface area contributed by atoms with Crippen molar-refractivity contribution in [3.63, 3.8) is 0 Å². The minimum Gasteiger partial charge on any atom is -0.306 e. The number of halogens is 1. The van der Waals surface area contributed by atoms with Crippen molar-refractivity contribution in [3.8, 4) is 16.3 Å². The lowest BCUT2D eigenvalue weighted by atomic mass is 10.0. The molecule has 5 rings (SSSR count). The highest BCUT2D eigenvalue weighted by Gasteiger charge is 2.16. The molecule has 0 saturated heterocycles. The monoisotopic (exact) mass is 428 g/mol. The number of fused-ring (bicyclic) bond motifs is 1. The molecule has 0 atom stereocenters. The summed E-state index contributed by atoms with van der Waals surface area (Å²) in [5.41, 5.74) is 4.09. The Balaban J connectivity index is 1.42. The number of thiazole rings is 1. The Morgan fingerprint density at radius 1 is 0.968 bits per heavy atom. The van der Waals surface area contributed by atoms with E-state index in [1.54, 1.807) is 28.9 Å². The summed E-state index contributed by atoms with van der Waals surface area (Å²) in [6, 6.07) is 23.7. The van der Waals surface area contributed by atoms with Crippen LogP contribution in [0.3, 0.4) is 0 Å². The highest BCUT2D eigenvalue weighted by atomic mass is 32.1. The number of rotatable bonds is 4. The smallest absolute Gasteiger partial charge is 0.256 e. The maximum Gasteiger partial charge on any atom is 0.256 e. The molecule has 152 valence electrons. The molecule has 0 aliphatic heterocycles. The number of aryl methyl sites for hydroxylation is 1. The number of benzene rings is 3. The third kappa shape index (κ3) is 3.83. The standard InChI is InChI=1S/C24H17FN4OS/c1-15-13-22(29(28-15)24-26-20-12-11-19(25)14-21(20)31-24)27-23(30)18-9-7-17(8-10-18)16-5-3-2-4-6-16/h2-14H,1H3,(H,27,30). The second-order valence-corrected chi connectivity index (χ2v) is 8.10. The van der Waals surface area contributed by atoms with Crippen LogP contribution in [0.2, 0.25) is 0 Å². The number of amides is 1. The van der Waals surface area contributed by atoms with Gasteiger partial charge < -0.3 is 5.32 Å². The van der Waals surface area contributed by atoms with E-state index in [0.717, 1.165) is 21.5 Å². The van der Waals surface area contributed by atoms with Gasteiger partial charge in [0.2, 0.25) is 5.13 Å². The largest absolute Gasteiger partial charge is 0.306 e. The number of aromatic nitrogens is 3. The molecule has 1 N–H and O–H groups in total. The van der Waals surface area contributed by atoms with Crippen LogP contribution in [-0.4, -0.2) is 20.7 Å². The van der Waals surface area contributed by atoms with Gasteiger partial charge in [0.15, 0.2) is 0 Å². The average molecular weight is 428 g/mol. The lowest BCUT2D eigenvalue weighted by Crippen LogP contribution is -2.15. The fraction of sp³-hybridized carbons (Fsp3) is 0.0417. The Kier molecular flexibility index (Phi) is 4.80. The van der Waals surface area contributed by atoms with E-state index in [2.05, 4.69) is 15.4 Å². The number of carbonyl (C=O) groups is 1. The Morgan fingerprint density at radius 2 is 1.71 bits per heavy atom. The van der Waals surface area contributed by atoms with Crippen LogP contribution in [0.15, 0.2) is 78.9 Å². The summed E-state index contributed by atoms with van der Waals surface area (Å²) in [6.45, 7) is 1.84. The van der Waals surface area contributed by atoms with Crippen LogP contribution < -0.4 is 5.32 Å². The molecular formula is C24H17FN4OS. The zero-order valence-electron chi connectivity index (χ0n) is 16.5. The van der Waals surface area contributed by atoms with E-state index >= 15 is 0 Å². The van der Waals surface area contributed by atoms with Gasteiger partial charge in [0.05, 0.1) is 15.9 Å². The third-order valence-electron chi connectivity index (χ3n) is 4.85. The van der Waals surface area contributed by atoms with E-state index in [4.69, 9.17) is 0 Å². The molecule has 5 aromatic rings. The van der Waals surface area contributed by atoms with Gasteiger partial charge in [-0.05, 0) is 48.4 Å². The van der Waals surface area contributed by atoms with Gasteiger partial charge in [-0.1, -0.05) is 53.8 Å². The Bertz CT molecular complexity index is 1390. The second kappa shape index (κ2) is 7.77. The highest BCUT2D eigenvalue weighted by molar-refractivity contribution is 7.20. The highest BCUT2D eigenvalue weighted by Crippen LogP contribution is 2.28. The summed E-state index contributed by atoms with van der Waals surface area (Å²) < 4.78 is 15.8. The molecule has 0 radical (unpaired) electrons. The number of hydrogen-bond acceptors (Lipinski definition) is 4. The number of anilines is 1. The van der Waals surface area contributed by atoms with Crippen molar-refractivity contribution >= 4 is 33.3 Å². The Hall–Kier alpha value is -3.84. The van der Waals surface area contributed by atoms with Crippen molar-refractivity contribution in [1.29, 1.82) is 0 Å². The van der Waals surface area contributed by atoms with Crippen molar-refractivity contribution in [2.45, 2.75) is 6.92 Å². The third-order valence-corrected chi connectivity index (χ3v) is 5.84. The summed E-state index contributed by atoms with van der Waals surface area (Å²) >= 11 is 1.31.